The summed E-state index contributed by atoms with van der Waals surface area (Å²) in [5.41, 5.74) is 2.09. The normalized spacial score (nSPS) is 10.4. The van der Waals surface area contributed by atoms with Crippen molar-refractivity contribution in [3.05, 3.63) is 28.8 Å². The van der Waals surface area contributed by atoms with Crippen LogP contribution in [0.25, 0.3) is 0 Å². The zero-order valence-corrected chi connectivity index (χ0v) is 11.5. The van der Waals surface area contributed by atoms with Crippen LogP contribution in [0.5, 0.6) is 5.75 Å². The van der Waals surface area contributed by atoms with Crippen LogP contribution in [-0.2, 0) is 11.2 Å². The quantitative estimate of drug-likeness (QED) is 0.619. The summed E-state index contributed by atoms with van der Waals surface area (Å²) in [6.45, 7) is 6.04. The molecule has 0 radical (unpaired) electrons. The Kier molecular flexibility index (Phi) is 5.69. The summed E-state index contributed by atoms with van der Waals surface area (Å²) in [6, 6.07) is 3.68. The fourth-order valence-electron chi connectivity index (χ4n) is 1.94. The maximum atomic E-state index is 11.7. The molecule has 0 saturated heterocycles. The first-order valence-corrected chi connectivity index (χ1v) is 6.59. The number of ether oxygens (including phenoxy) is 1. The van der Waals surface area contributed by atoms with Crippen molar-refractivity contribution in [2.45, 2.75) is 46.5 Å². The molecule has 0 heterocycles. The summed E-state index contributed by atoms with van der Waals surface area (Å²) < 4.78 is 4.95. The fourth-order valence-corrected chi connectivity index (χ4v) is 1.94. The third-order valence-corrected chi connectivity index (χ3v) is 2.92. The Morgan fingerprint density at radius 2 is 2.00 bits per heavy atom. The number of phenols is 1. The molecule has 0 unspecified atom stereocenters. The minimum Gasteiger partial charge on any atom is -0.507 e. The summed E-state index contributed by atoms with van der Waals surface area (Å²) in [6.07, 6.45) is 4.38. The number of unbranched alkanes of at least 4 members (excludes halogenated alkanes) is 2. The lowest BCUT2D eigenvalue weighted by Crippen LogP contribution is -2.06. The summed E-state index contributed by atoms with van der Waals surface area (Å²) >= 11 is 0. The van der Waals surface area contributed by atoms with Gasteiger partial charge in [-0.1, -0.05) is 25.8 Å². The standard InChI is InChI=1S/C15H22O3/c1-4-6-7-8-12-9-11(3)14(16)13(10-12)15(17)18-5-2/h9-10,16H,4-8H2,1-3H3. The lowest BCUT2D eigenvalue weighted by Gasteiger charge is -2.10. The van der Waals surface area contributed by atoms with Crippen molar-refractivity contribution >= 4 is 5.97 Å². The average Bonchev–Trinajstić information content (AvgIpc) is 2.34. The molecule has 1 N–H and O–H groups in total. The molecule has 1 aromatic carbocycles. The predicted molar refractivity (Wildman–Crippen MR) is 72.0 cm³/mol. The smallest absolute Gasteiger partial charge is 0.341 e. The van der Waals surface area contributed by atoms with Gasteiger partial charge >= 0.3 is 5.97 Å². The molecule has 3 nitrogen and oxygen atoms in total. The maximum absolute atomic E-state index is 11.7. The van der Waals surface area contributed by atoms with Gasteiger partial charge in [0.15, 0.2) is 0 Å². The van der Waals surface area contributed by atoms with Crippen molar-refractivity contribution in [1.82, 2.24) is 0 Å². The van der Waals surface area contributed by atoms with Gasteiger partial charge in [0.2, 0.25) is 0 Å². The molecule has 0 amide bonds. The number of hydrogen-bond acceptors (Lipinski definition) is 3. The summed E-state index contributed by atoms with van der Waals surface area (Å²) in [4.78, 5) is 11.7. The topological polar surface area (TPSA) is 46.5 Å². The first-order chi connectivity index (χ1) is 8.60. The summed E-state index contributed by atoms with van der Waals surface area (Å²) in [7, 11) is 0. The number of esters is 1. The second kappa shape index (κ2) is 7.04. The minimum absolute atomic E-state index is 0.0349. The molecule has 0 aromatic heterocycles. The van der Waals surface area contributed by atoms with Crippen molar-refractivity contribution in [1.29, 1.82) is 0 Å². The van der Waals surface area contributed by atoms with E-state index >= 15 is 0 Å². The zero-order valence-electron chi connectivity index (χ0n) is 11.5. The minimum atomic E-state index is -0.449. The number of aryl methyl sites for hydroxylation is 2. The molecule has 0 spiro atoms. The van der Waals surface area contributed by atoms with E-state index in [1.807, 2.05) is 6.07 Å². The van der Waals surface area contributed by atoms with Crippen LogP contribution >= 0.6 is 0 Å². The maximum Gasteiger partial charge on any atom is 0.341 e. The molecule has 0 atom stereocenters. The van der Waals surface area contributed by atoms with Crippen molar-refractivity contribution in [2.75, 3.05) is 6.61 Å². The van der Waals surface area contributed by atoms with Crippen LogP contribution in [0, 0.1) is 6.92 Å². The SMILES string of the molecule is CCCCCc1cc(C)c(O)c(C(=O)OCC)c1. The molecule has 0 bridgehead atoms. The Labute approximate surface area is 109 Å². The zero-order chi connectivity index (χ0) is 13.5. The Balaban J connectivity index is 2.91. The van der Waals surface area contributed by atoms with Gasteiger partial charge in [-0.15, -0.1) is 0 Å². The average molecular weight is 250 g/mol. The number of benzene rings is 1. The van der Waals surface area contributed by atoms with Crippen molar-refractivity contribution in [3.63, 3.8) is 0 Å². The Hall–Kier alpha value is -1.51. The van der Waals surface area contributed by atoms with E-state index in [1.165, 1.54) is 12.8 Å². The highest BCUT2D eigenvalue weighted by molar-refractivity contribution is 5.93. The molecule has 0 aliphatic heterocycles. The van der Waals surface area contributed by atoms with E-state index in [4.69, 9.17) is 4.74 Å². The number of aromatic hydroxyl groups is 1. The highest BCUT2D eigenvalue weighted by Crippen LogP contribution is 2.25. The van der Waals surface area contributed by atoms with E-state index in [0.717, 1.165) is 24.0 Å². The van der Waals surface area contributed by atoms with Gasteiger partial charge in [-0.2, -0.15) is 0 Å². The van der Waals surface area contributed by atoms with Gasteiger partial charge < -0.3 is 9.84 Å². The van der Waals surface area contributed by atoms with Crippen LogP contribution in [0.1, 0.15) is 54.6 Å². The van der Waals surface area contributed by atoms with Crippen LogP contribution in [0.3, 0.4) is 0 Å². The lowest BCUT2D eigenvalue weighted by molar-refractivity contribution is 0.0522. The van der Waals surface area contributed by atoms with Crippen LogP contribution in [-0.4, -0.2) is 17.7 Å². The Morgan fingerprint density at radius 1 is 1.28 bits per heavy atom. The van der Waals surface area contributed by atoms with Gasteiger partial charge in [0.05, 0.1) is 6.61 Å². The monoisotopic (exact) mass is 250 g/mol. The highest BCUT2D eigenvalue weighted by Gasteiger charge is 2.15. The van der Waals surface area contributed by atoms with Crippen molar-refractivity contribution < 1.29 is 14.6 Å². The number of rotatable bonds is 6. The van der Waals surface area contributed by atoms with Gasteiger partial charge in [0.1, 0.15) is 11.3 Å². The highest BCUT2D eigenvalue weighted by atomic mass is 16.5. The molecule has 0 aliphatic carbocycles. The van der Waals surface area contributed by atoms with E-state index < -0.39 is 5.97 Å². The van der Waals surface area contributed by atoms with E-state index in [0.29, 0.717) is 6.61 Å². The predicted octanol–water partition coefficient (Wildman–Crippen LogP) is 3.61. The van der Waals surface area contributed by atoms with Gasteiger partial charge in [0, 0.05) is 0 Å². The molecule has 3 heteroatoms. The third kappa shape index (κ3) is 3.76. The lowest BCUT2D eigenvalue weighted by atomic mass is 10.0. The number of hydrogen-bond donors (Lipinski definition) is 1. The van der Waals surface area contributed by atoms with Crippen LogP contribution in [0.4, 0.5) is 0 Å². The van der Waals surface area contributed by atoms with E-state index in [-0.39, 0.29) is 11.3 Å². The van der Waals surface area contributed by atoms with E-state index in [9.17, 15) is 9.90 Å². The van der Waals surface area contributed by atoms with Crippen LogP contribution in [0.15, 0.2) is 12.1 Å². The Morgan fingerprint density at radius 3 is 2.61 bits per heavy atom. The Bertz CT molecular complexity index is 410. The first kappa shape index (κ1) is 14.6. The summed E-state index contributed by atoms with van der Waals surface area (Å²) in [5.74, 6) is -0.414. The van der Waals surface area contributed by atoms with Crippen LogP contribution < -0.4 is 0 Å². The molecule has 1 aromatic rings. The van der Waals surface area contributed by atoms with Gasteiger partial charge in [-0.05, 0) is 43.9 Å². The molecule has 0 fully saturated rings. The first-order valence-electron chi connectivity index (χ1n) is 6.59. The number of phenolic OH excluding ortho intramolecular Hbond substituents is 1. The molecule has 0 saturated carbocycles. The van der Waals surface area contributed by atoms with Gasteiger partial charge in [0.25, 0.3) is 0 Å². The molecule has 100 valence electrons. The van der Waals surface area contributed by atoms with Gasteiger partial charge in [-0.3, -0.25) is 0 Å². The second-order valence-electron chi connectivity index (χ2n) is 4.49. The molecule has 1 rings (SSSR count). The van der Waals surface area contributed by atoms with Gasteiger partial charge in [-0.25, -0.2) is 4.79 Å². The second-order valence-corrected chi connectivity index (χ2v) is 4.49. The molecule has 18 heavy (non-hydrogen) atoms. The molecular formula is C15H22O3. The summed E-state index contributed by atoms with van der Waals surface area (Å²) in [5, 5.41) is 9.89. The van der Waals surface area contributed by atoms with Crippen molar-refractivity contribution in [3.8, 4) is 5.75 Å². The van der Waals surface area contributed by atoms with Crippen LogP contribution in [0.2, 0.25) is 0 Å². The molecular weight excluding hydrogens is 228 g/mol. The van der Waals surface area contributed by atoms with E-state index in [2.05, 4.69) is 6.92 Å². The molecule has 0 aliphatic rings. The number of carbonyl (C=O) groups is 1. The largest absolute Gasteiger partial charge is 0.507 e. The van der Waals surface area contributed by atoms with E-state index in [1.54, 1.807) is 19.9 Å². The third-order valence-electron chi connectivity index (χ3n) is 2.92. The fraction of sp³-hybridized carbons (Fsp3) is 0.533. The van der Waals surface area contributed by atoms with Crippen molar-refractivity contribution in [2.24, 2.45) is 0 Å². The number of carbonyl (C=O) groups excluding carboxylic acids is 1.